The molecule has 0 bridgehead atoms. The van der Waals surface area contributed by atoms with E-state index in [9.17, 15) is 19.7 Å². The van der Waals surface area contributed by atoms with Gasteiger partial charge < -0.3 is 9.47 Å². The number of unbranched alkanes of at least 4 members (excludes halogenated alkanes) is 2. The first-order valence-corrected chi connectivity index (χ1v) is 8.93. The second-order valence-electron chi connectivity index (χ2n) is 6.31. The number of carbonyl (C=O) groups is 2. The van der Waals surface area contributed by atoms with Gasteiger partial charge in [-0.25, -0.2) is 0 Å². The van der Waals surface area contributed by atoms with Crippen molar-refractivity contribution in [3.63, 3.8) is 0 Å². The lowest BCUT2D eigenvalue weighted by Gasteiger charge is -2.14. The highest BCUT2D eigenvalue weighted by atomic mass is 16.6. The van der Waals surface area contributed by atoms with Gasteiger partial charge in [0.05, 0.1) is 35.8 Å². The lowest BCUT2D eigenvalue weighted by molar-refractivity contribution is -0.385. The number of benzene rings is 2. The first kappa shape index (κ1) is 19.3. The van der Waals surface area contributed by atoms with Crippen molar-refractivity contribution in [2.75, 3.05) is 20.3 Å². The summed E-state index contributed by atoms with van der Waals surface area (Å²) in [5.74, 6) is 0.258. The Kier molecular flexibility index (Phi) is 5.88. The van der Waals surface area contributed by atoms with E-state index in [-0.39, 0.29) is 17.5 Å². The molecule has 2 aromatic rings. The van der Waals surface area contributed by atoms with Crippen LogP contribution in [0.4, 0.5) is 5.69 Å². The van der Waals surface area contributed by atoms with Crippen LogP contribution in [-0.4, -0.2) is 41.9 Å². The molecule has 2 amide bonds. The van der Waals surface area contributed by atoms with Gasteiger partial charge in [-0.3, -0.25) is 24.6 Å². The Hall–Kier alpha value is -3.42. The van der Waals surface area contributed by atoms with Crippen molar-refractivity contribution in [3.8, 4) is 11.5 Å². The van der Waals surface area contributed by atoms with Crippen molar-refractivity contribution < 1.29 is 24.0 Å². The number of non-ortho nitro benzene ring substituents is 1. The van der Waals surface area contributed by atoms with Gasteiger partial charge in [0, 0.05) is 12.6 Å². The zero-order valence-corrected chi connectivity index (χ0v) is 15.4. The maximum Gasteiger partial charge on any atom is 0.273 e. The molecule has 0 radical (unpaired) electrons. The normalized spacial score (nSPS) is 12.8. The number of nitrogens with zero attached hydrogens (tertiary/aromatic N) is 2. The van der Waals surface area contributed by atoms with Crippen LogP contribution in [0.3, 0.4) is 0 Å². The predicted octanol–water partition coefficient (Wildman–Crippen LogP) is 3.45. The largest absolute Gasteiger partial charge is 0.493 e. The van der Waals surface area contributed by atoms with E-state index in [0.29, 0.717) is 48.6 Å². The molecule has 0 aliphatic carbocycles. The second-order valence-corrected chi connectivity index (χ2v) is 6.31. The minimum absolute atomic E-state index is 0.0647. The summed E-state index contributed by atoms with van der Waals surface area (Å²) in [6.07, 6.45) is 2.15. The quantitative estimate of drug-likeness (QED) is 0.284. The molecule has 0 unspecified atom stereocenters. The summed E-state index contributed by atoms with van der Waals surface area (Å²) in [5, 5.41) is 10.8. The van der Waals surface area contributed by atoms with Gasteiger partial charge in [-0.1, -0.05) is 12.1 Å². The van der Waals surface area contributed by atoms with Crippen molar-refractivity contribution in [2.24, 2.45) is 0 Å². The number of imide groups is 1. The molecule has 28 heavy (non-hydrogen) atoms. The minimum Gasteiger partial charge on any atom is -0.493 e. The molecule has 0 atom stereocenters. The number of hydrogen-bond acceptors (Lipinski definition) is 6. The maximum absolute atomic E-state index is 12.3. The van der Waals surface area contributed by atoms with Crippen molar-refractivity contribution in [3.05, 3.63) is 63.7 Å². The monoisotopic (exact) mass is 384 g/mol. The fourth-order valence-corrected chi connectivity index (χ4v) is 3.06. The van der Waals surface area contributed by atoms with E-state index in [0.717, 1.165) is 6.42 Å². The Bertz CT molecular complexity index is 876. The molecule has 8 nitrogen and oxygen atoms in total. The summed E-state index contributed by atoms with van der Waals surface area (Å²) < 4.78 is 10.8. The molecule has 0 fully saturated rings. The molecule has 0 aromatic heterocycles. The SMILES string of the molecule is COc1cc([N+](=O)[O-])ccc1OCCCCCN1C(=O)c2ccccc2C1=O. The number of fused-ring (bicyclic) bond motifs is 1. The fourth-order valence-electron chi connectivity index (χ4n) is 3.06. The predicted molar refractivity (Wildman–Crippen MR) is 101 cm³/mol. The van der Waals surface area contributed by atoms with E-state index in [1.54, 1.807) is 24.3 Å². The molecule has 2 aromatic carbocycles. The maximum atomic E-state index is 12.3. The summed E-state index contributed by atoms with van der Waals surface area (Å²) in [5.41, 5.74) is 0.854. The van der Waals surface area contributed by atoms with Crippen molar-refractivity contribution in [1.29, 1.82) is 0 Å². The molecule has 1 heterocycles. The molecule has 8 heteroatoms. The lowest BCUT2D eigenvalue weighted by Crippen LogP contribution is -2.30. The van der Waals surface area contributed by atoms with Crippen LogP contribution >= 0.6 is 0 Å². The highest BCUT2D eigenvalue weighted by Gasteiger charge is 2.34. The molecule has 146 valence electrons. The molecule has 0 N–H and O–H groups in total. The van der Waals surface area contributed by atoms with Crippen molar-refractivity contribution in [2.45, 2.75) is 19.3 Å². The van der Waals surface area contributed by atoms with E-state index in [1.807, 2.05) is 0 Å². The van der Waals surface area contributed by atoms with Gasteiger partial charge in [0.2, 0.25) is 0 Å². The van der Waals surface area contributed by atoms with Crippen LogP contribution in [0, 0.1) is 10.1 Å². The van der Waals surface area contributed by atoms with Crippen LogP contribution in [0.15, 0.2) is 42.5 Å². The molecule has 1 aliphatic rings. The summed E-state index contributed by atoms with van der Waals surface area (Å²) in [6.45, 7) is 0.767. The number of rotatable bonds is 9. The van der Waals surface area contributed by atoms with Gasteiger partial charge in [0.15, 0.2) is 11.5 Å². The molecule has 0 saturated carbocycles. The van der Waals surface area contributed by atoms with E-state index >= 15 is 0 Å². The van der Waals surface area contributed by atoms with Gasteiger partial charge in [0.25, 0.3) is 17.5 Å². The fraction of sp³-hybridized carbons (Fsp3) is 0.300. The molecular weight excluding hydrogens is 364 g/mol. The Labute approximate surface area is 161 Å². The van der Waals surface area contributed by atoms with Crippen LogP contribution < -0.4 is 9.47 Å². The number of hydrogen-bond donors (Lipinski definition) is 0. The number of amides is 2. The van der Waals surface area contributed by atoms with Crippen LogP contribution in [0.2, 0.25) is 0 Å². The first-order chi connectivity index (χ1) is 13.5. The van der Waals surface area contributed by atoms with Crippen LogP contribution in [0.1, 0.15) is 40.0 Å². The standard InChI is InChI=1S/C20H20N2O6/c1-27-18-13-14(22(25)26)9-10-17(18)28-12-6-2-5-11-21-19(23)15-7-3-4-8-16(15)20(21)24/h3-4,7-10,13H,2,5-6,11-12H2,1H3. The van der Waals surface area contributed by atoms with Crippen molar-refractivity contribution in [1.82, 2.24) is 4.90 Å². The number of ether oxygens (including phenoxy) is 2. The highest BCUT2D eigenvalue weighted by Crippen LogP contribution is 2.31. The first-order valence-electron chi connectivity index (χ1n) is 8.93. The van der Waals surface area contributed by atoms with Gasteiger partial charge in [0.1, 0.15) is 0 Å². The van der Waals surface area contributed by atoms with Crippen LogP contribution in [-0.2, 0) is 0 Å². The Morgan fingerprint density at radius 1 is 0.964 bits per heavy atom. The van der Waals surface area contributed by atoms with E-state index < -0.39 is 4.92 Å². The third-order valence-electron chi connectivity index (χ3n) is 4.52. The number of carbonyl (C=O) groups excluding carboxylic acids is 2. The van der Waals surface area contributed by atoms with E-state index in [1.165, 1.54) is 30.2 Å². The van der Waals surface area contributed by atoms with Gasteiger partial charge >= 0.3 is 0 Å². The molecular formula is C20H20N2O6. The minimum atomic E-state index is -0.495. The Morgan fingerprint density at radius 2 is 1.64 bits per heavy atom. The molecule has 0 saturated heterocycles. The zero-order valence-electron chi connectivity index (χ0n) is 15.4. The summed E-state index contributed by atoms with van der Waals surface area (Å²) >= 11 is 0. The molecule has 3 rings (SSSR count). The van der Waals surface area contributed by atoms with E-state index in [2.05, 4.69) is 0 Å². The highest BCUT2D eigenvalue weighted by molar-refractivity contribution is 6.21. The average molecular weight is 384 g/mol. The number of methoxy groups -OCH3 is 1. The lowest BCUT2D eigenvalue weighted by atomic mass is 10.1. The molecule has 0 spiro atoms. The van der Waals surface area contributed by atoms with Gasteiger partial charge in [-0.15, -0.1) is 0 Å². The van der Waals surface area contributed by atoms with Crippen LogP contribution in [0.5, 0.6) is 11.5 Å². The number of nitro groups is 1. The summed E-state index contributed by atoms with van der Waals surface area (Å²) in [4.78, 5) is 36.1. The summed E-state index contributed by atoms with van der Waals surface area (Å²) in [7, 11) is 1.42. The average Bonchev–Trinajstić information content (AvgIpc) is 2.95. The van der Waals surface area contributed by atoms with Gasteiger partial charge in [-0.2, -0.15) is 0 Å². The van der Waals surface area contributed by atoms with Gasteiger partial charge in [-0.05, 0) is 37.5 Å². The van der Waals surface area contributed by atoms with E-state index in [4.69, 9.17) is 9.47 Å². The molecule has 1 aliphatic heterocycles. The summed E-state index contributed by atoms with van der Waals surface area (Å²) in [6, 6.07) is 11.0. The smallest absolute Gasteiger partial charge is 0.273 e. The Morgan fingerprint density at radius 3 is 2.25 bits per heavy atom. The number of nitro benzene ring substituents is 1. The third-order valence-corrected chi connectivity index (χ3v) is 4.52. The van der Waals surface area contributed by atoms with Crippen LogP contribution in [0.25, 0.3) is 0 Å². The topological polar surface area (TPSA) is 99.0 Å². The second kappa shape index (κ2) is 8.51. The zero-order chi connectivity index (χ0) is 20.1. The third kappa shape index (κ3) is 3.95. The van der Waals surface area contributed by atoms with Crippen molar-refractivity contribution >= 4 is 17.5 Å². The Balaban J connectivity index is 1.43.